The Morgan fingerprint density at radius 1 is 1.12 bits per heavy atom. The average Bonchev–Trinajstić information content (AvgIpc) is 3.19. The van der Waals surface area contributed by atoms with Gasteiger partial charge in [-0.25, -0.2) is 4.98 Å². The van der Waals surface area contributed by atoms with E-state index in [1.165, 1.54) is 7.11 Å². The molecule has 0 aliphatic heterocycles. The first kappa shape index (κ1) is 24.0. The number of benzene rings is 2. The Morgan fingerprint density at radius 3 is 2.59 bits per heavy atom. The first-order chi connectivity index (χ1) is 15.6. The van der Waals surface area contributed by atoms with Gasteiger partial charge in [-0.2, -0.15) is 0 Å². The van der Waals surface area contributed by atoms with Gasteiger partial charge in [0, 0.05) is 36.3 Å². The summed E-state index contributed by atoms with van der Waals surface area (Å²) in [4.78, 5) is 17.0. The molecule has 3 aromatic rings. The SMILES string of the molecule is CCCCc1ncc(CCN[C@@H](Cc2ccccc2)C(=O)OC)n1Cc1ccccc1Cl. The summed E-state index contributed by atoms with van der Waals surface area (Å²) in [6.45, 7) is 3.53. The molecule has 5 nitrogen and oxygen atoms in total. The van der Waals surface area contributed by atoms with Crippen LogP contribution >= 0.6 is 11.6 Å². The number of ether oxygens (including phenoxy) is 1. The molecule has 0 unspecified atom stereocenters. The Hall–Kier alpha value is -2.63. The molecule has 0 saturated heterocycles. The van der Waals surface area contributed by atoms with Gasteiger partial charge in [-0.3, -0.25) is 4.79 Å². The fraction of sp³-hybridized carbons (Fsp3) is 0.385. The van der Waals surface area contributed by atoms with Crippen molar-refractivity contribution in [2.45, 2.75) is 51.6 Å². The fourth-order valence-electron chi connectivity index (χ4n) is 3.78. The molecule has 0 aliphatic rings. The van der Waals surface area contributed by atoms with Crippen molar-refractivity contribution in [3.63, 3.8) is 0 Å². The number of esters is 1. The van der Waals surface area contributed by atoms with Gasteiger partial charge in [0.25, 0.3) is 0 Å². The standard InChI is InChI=1S/C26H32ClN3O2/c1-3-4-14-25-29-18-22(30(25)19-21-12-8-9-13-23(21)27)15-16-28-24(26(31)32-2)17-20-10-6-5-7-11-20/h5-13,18,24,28H,3-4,14-17,19H2,1-2H3/t24-/m0/s1. The van der Waals surface area contributed by atoms with E-state index < -0.39 is 0 Å². The molecule has 170 valence electrons. The lowest BCUT2D eigenvalue weighted by Crippen LogP contribution is -2.40. The topological polar surface area (TPSA) is 56.1 Å². The number of aromatic nitrogens is 2. The fourth-order valence-corrected chi connectivity index (χ4v) is 3.98. The summed E-state index contributed by atoms with van der Waals surface area (Å²) in [6, 6.07) is 17.5. The molecule has 32 heavy (non-hydrogen) atoms. The molecule has 0 fully saturated rings. The number of nitrogens with one attached hydrogen (secondary N) is 1. The van der Waals surface area contributed by atoms with Gasteiger partial charge in [-0.15, -0.1) is 0 Å². The highest BCUT2D eigenvalue weighted by molar-refractivity contribution is 6.31. The maximum atomic E-state index is 12.3. The van der Waals surface area contributed by atoms with Gasteiger partial charge in [-0.1, -0.05) is 73.5 Å². The summed E-state index contributed by atoms with van der Waals surface area (Å²) >= 11 is 6.43. The third kappa shape index (κ3) is 6.68. The second kappa shape index (κ2) is 12.4. The van der Waals surface area contributed by atoms with Crippen LogP contribution in [0.1, 0.15) is 42.4 Å². The van der Waals surface area contributed by atoms with Gasteiger partial charge in [0.15, 0.2) is 0 Å². The van der Waals surface area contributed by atoms with E-state index in [1.807, 2.05) is 54.7 Å². The highest BCUT2D eigenvalue weighted by atomic mass is 35.5. The predicted octanol–water partition coefficient (Wildman–Crippen LogP) is 4.84. The van der Waals surface area contributed by atoms with Crippen LogP contribution in [-0.4, -0.2) is 35.2 Å². The number of carbonyl (C=O) groups is 1. The Labute approximate surface area is 195 Å². The maximum Gasteiger partial charge on any atom is 0.323 e. The molecule has 3 rings (SSSR count). The van der Waals surface area contributed by atoms with Crippen molar-refractivity contribution in [3.8, 4) is 0 Å². The van der Waals surface area contributed by atoms with Gasteiger partial charge in [-0.05, 0) is 30.0 Å². The minimum absolute atomic E-state index is 0.248. The quantitative estimate of drug-likeness (QED) is 0.398. The van der Waals surface area contributed by atoms with Crippen LogP contribution in [0.4, 0.5) is 0 Å². The molecular weight excluding hydrogens is 422 g/mol. The molecule has 0 amide bonds. The van der Waals surface area contributed by atoms with Crippen molar-refractivity contribution in [2.24, 2.45) is 0 Å². The molecule has 1 atom stereocenters. The van der Waals surface area contributed by atoms with Crippen LogP contribution in [0.5, 0.6) is 0 Å². The van der Waals surface area contributed by atoms with E-state index in [1.54, 1.807) is 0 Å². The van der Waals surface area contributed by atoms with Crippen LogP contribution in [0.2, 0.25) is 5.02 Å². The molecule has 0 radical (unpaired) electrons. The van der Waals surface area contributed by atoms with E-state index in [0.29, 0.717) is 19.5 Å². The lowest BCUT2D eigenvalue weighted by Gasteiger charge is -2.18. The van der Waals surface area contributed by atoms with Crippen molar-refractivity contribution in [1.82, 2.24) is 14.9 Å². The van der Waals surface area contributed by atoms with Gasteiger partial charge in [0.2, 0.25) is 0 Å². The predicted molar refractivity (Wildman–Crippen MR) is 129 cm³/mol. The van der Waals surface area contributed by atoms with Crippen molar-refractivity contribution >= 4 is 17.6 Å². The Morgan fingerprint density at radius 2 is 1.88 bits per heavy atom. The Bertz CT molecular complexity index is 988. The second-order valence-corrected chi connectivity index (χ2v) is 8.32. The molecule has 0 aliphatic carbocycles. The Balaban J connectivity index is 1.70. The summed E-state index contributed by atoms with van der Waals surface area (Å²) < 4.78 is 7.28. The van der Waals surface area contributed by atoms with Crippen LogP contribution in [0.3, 0.4) is 0 Å². The summed E-state index contributed by atoms with van der Waals surface area (Å²) in [5, 5.41) is 4.14. The van der Waals surface area contributed by atoms with Crippen molar-refractivity contribution < 1.29 is 9.53 Å². The first-order valence-electron chi connectivity index (χ1n) is 11.2. The number of unbranched alkanes of at least 4 members (excludes halogenated alkanes) is 1. The number of carbonyl (C=O) groups excluding carboxylic acids is 1. The molecular formula is C26H32ClN3O2. The monoisotopic (exact) mass is 453 g/mol. The highest BCUT2D eigenvalue weighted by Crippen LogP contribution is 2.19. The average molecular weight is 454 g/mol. The van der Waals surface area contributed by atoms with Gasteiger partial charge in [0.1, 0.15) is 11.9 Å². The van der Waals surface area contributed by atoms with Gasteiger partial charge >= 0.3 is 5.97 Å². The minimum Gasteiger partial charge on any atom is -0.468 e. The third-order valence-electron chi connectivity index (χ3n) is 5.60. The van der Waals surface area contributed by atoms with E-state index in [0.717, 1.165) is 53.4 Å². The van der Waals surface area contributed by atoms with E-state index in [9.17, 15) is 4.79 Å². The summed E-state index contributed by atoms with van der Waals surface area (Å²) in [5.41, 5.74) is 3.31. The lowest BCUT2D eigenvalue weighted by molar-refractivity contribution is -0.143. The third-order valence-corrected chi connectivity index (χ3v) is 5.97. The molecule has 1 heterocycles. The molecule has 1 aromatic heterocycles. The first-order valence-corrected chi connectivity index (χ1v) is 11.6. The summed E-state index contributed by atoms with van der Waals surface area (Å²) in [7, 11) is 1.43. The van der Waals surface area contributed by atoms with E-state index in [2.05, 4.69) is 22.9 Å². The summed E-state index contributed by atoms with van der Waals surface area (Å²) in [6.07, 6.45) is 6.45. The maximum absolute atomic E-state index is 12.3. The number of rotatable bonds is 12. The number of methoxy groups -OCH3 is 1. The molecule has 0 bridgehead atoms. The van der Waals surface area contributed by atoms with Crippen LogP contribution in [0.15, 0.2) is 60.8 Å². The summed E-state index contributed by atoms with van der Waals surface area (Å²) in [5.74, 6) is 0.831. The van der Waals surface area contributed by atoms with Crippen LogP contribution in [0, 0.1) is 0 Å². The number of aryl methyl sites for hydroxylation is 1. The number of hydrogen-bond donors (Lipinski definition) is 1. The number of hydrogen-bond acceptors (Lipinski definition) is 4. The molecule has 0 spiro atoms. The zero-order valence-corrected chi connectivity index (χ0v) is 19.6. The highest BCUT2D eigenvalue weighted by Gasteiger charge is 2.19. The van der Waals surface area contributed by atoms with Crippen LogP contribution < -0.4 is 5.32 Å². The van der Waals surface area contributed by atoms with Crippen molar-refractivity contribution in [2.75, 3.05) is 13.7 Å². The zero-order chi connectivity index (χ0) is 22.8. The van der Waals surface area contributed by atoms with Crippen molar-refractivity contribution in [3.05, 3.63) is 88.5 Å². The number of nitrogens with zero attached hydrogens (tertiary/aromatic N) is 2. The molecule has 0 saturated carbocycles. The van der Waals surface area contributed by atoms with Crippen LogP contribution in [0.25, 0.3) is 0 Å². The molecule has 6 heteroatoms. The smallest absolute Gasteiger partial charge is 0.323 e. The van der Waals surface area contributed by atoms with E-state index >= 15 is 0 Å². The number of halogens is 1. The van der Waals surface area contributed by atoms with E-state index in [4.69, 9.17) is 21.3 Å². The minimum atomic E-state index is -0.387. The molecule has 2 aromatic carbocycles. The lowest BCUT2D eigenvalue weighted by atomic mass is 10.1. The van der Waals surface area contributed by atoms with E-state index in [-0.39, 0.29) is 12.0 Å². The normalized spacial score (nSPS) is 12.0. The zero-order valence-electron chi connectivity index (χ0n) is 18.9. The van der Waals surface area contributed by atoms with Gasteiger partial charge in [0.05, 0.1) is 13.7 Å². The largest absolute Gasteiger partial charge is 0.468 e. The molecule has 1 N–H and O–H groups in total. The van der Waals surface area contributed by atoms with Gasteiger partial charge < -0.3 is 14.6 Å². The van der Waals surface area contributed by atoms with Crippen LogP contribution in [-0.2, 0) is 35.3 Å². The Kier molecular flexibility index (Phi) is 9.32. The van der Waals surface area contributed by atoms with Crippen molar-refractivity contribution in [1.29, 1.82) is 0 Å². The number of imidazole rings is 1. The second-order valence-electron chi connectivity index (χ2n) is 7.92.